The molecule has 1 atom stereocenters. The van der Waals surface area contributed by atoms with Crippen molar-refractivity contribution in [3.63, 3.8) is 0 Å². The van der Waals surface area contributed by atoms with Crippen molar-refractivity contribution in [2.24, 2.45) is 5.84 Å². The van der Waals surface area contributed by atoms with Gasteiger partial charge in [0.05, 0.1) is 0 Å². The molecule has 0 saturated heterocycles. The van der Waals surface area contributed by atoms with E-state index >= 15 is 0 Å². The normalized spacial score (nSPS) is 26.5. The van der Waals surface area contributed by atoms with Crippen LogP contribution in [0.5, 0.6) is 0 Å². The van der Waals surface area contributed by atoms with E-state index in [4.69, 9.17) is 5.84 Å². The van der Waals surface area contributed by atoms with Crippen LogP contribution in [0.15, 0.2) is 24.3 Å². The Morgan fingerprint density at radius 2 is 2.15 bits per heavy atom. The quantitative estimate of drug-likeness (QED) is 0.376. The summed E-state index contributed by atoms with van der Waals surface area (Å²) in [6.45, 7) is 0. The van der Waals surface area contributed by atoms with Gasteiger partial charge in [-0.3, -0.25) is 5.84 Å². The maximum absolute atomic E-state index is 10.2. The first-order valence-corrected chi connectivity index (χ1v) is 4.44. The molecule has 0 aliphatic heterocycles. The fourth-order valence-corrected chi connectivity index (χ4v) is 1.94. The van der Waals surface area contributed by atoms with E-state index in [0.717, 1.165) is 12.0 Å². The predicted octanol–water partition coefficient (Wildman–Crippen LogP) is 0.583. The van der Waals surface area contributed by atoms with Gasteiger partial charge in [0, 0.05) is 12.6 Å². The van der Waals surface area contributed by atoms with Crippen LogP contribution in [0.4, 0.5) is 0 Å². The molecule has 1 aromatic carbocycles. The molecule has 0 spiro atoms. The Hall–Kier alpha value is -0.900. The van der Waals surface area contributed by atoms with Gasteiger partial charge in [-0.1, -0.05) is 24.3 Å². The van der Waals surface area contributed by atoms with Crippen LogP contribution >= 0.6 is 0 Å². The number of fused-ring (bicyclic) bond motifs is 1. The number of hydrogen-bond donors (Lipinski definition) is 2. The van der Waals surface area contributed by atoms with Crippen LogP contribution < -0.4 is 5.84 Å². The number of hydrazine groups is 1. The molecule has 0 bridgehead atoms. The molecule has 0 heterocycles. The third kappa shape index (κ3) is 1.16. The van der Waals surface area contributed by atoms with Crippen LogP contribution in [0, 0.1) is 0 Å². The van der Waals surface area contributed by atoms with E-state index in [1.54, 1.807) is 7.05 Å². The molecule has 0 aromatic heterocycles. The lowest BCUT2D eigenvalue weighted by molar-refractivity contribution is -0.102. The molecule has 13 heavy (non-hydrogen) atoms. The van der Waals surface area contributed by atoms with Crippen LogP contribution in [0.2, 0.25) is 0 Å². The van der Waals surface area contributed by atoms with Crippen LogP contribution in [0.3, 0.4) is 0 Å². The SMILES string of the molecule is CN(N)[C@]1(O)CCc2ccccc21. The van der Waals surface area contributed by atoms with Crippen LogP contribution in [-0.4, -0.2) is 17.2 Å². The molecule has 70 valence electrons. The van der Waals surface area contributed by atoms with Crippen molar-refractivity contribution >= 4 is 0 Å². The molecule has 1 aromatic rings. The van der Waals surface area contributed by atoms with Crippen LogP contribution in [0.25, 0.3) is 0 Å². The highest BCUT2D eigenvalue weighted by atomic mass is 16.3. The molecule has 3 N–H and O–H groups in total. The van der Waals surface area contributed by atoms with Crippen molar-refractivity contribution in [1.29, 1.82) is 0 Å². The third-order valence-corrected chi connectivity index (χ3v) is 2.78. The summed E-state index contributed by atoms with van der Waals surface area (Å²) in [5.41, 5.74) is 1.18. The number of nitrogens with zero attached hydrogens (tertiary/aromatic N) is 1. The number of aliphatic hydroxyl groups is 1. The van der Waals surface area contributed by atoms with E-state index in [1.165, 1.54) is 10.6 Å². The zero-order chi connectivity index (χ0) is 9.47. The summed E-state index contributed by atoms with van der Waals surface area (Å²) in [7, 11) is 1.70. The van der Waals surface area contributed by atoms with Crippen LogP contribution in [-0.2, 0) is 12.1 Å². The van der Waals surface area contributed by atoms with E-state index < -0.39 is 5.72 Å². The first kappa shape index (κ1) is 8.69. The smallest absolute Gasteiger partial charge is 0.156 e. The molecule has 3 heteroatoms. The molecule has 3 nitrogen and oxygen atoms in total. The van der Waals surface area contributed by atoms with Crippen molar-refractivity contribution in [3.05, 3.63) is 35.4 Å². The van der Waals surface area contributed by atoms with Gasteiger partial charge in [-0.2, -0.15) is 0 Å². The molecule has 2 rings (SSSR count). The molecule has 0 radical (unpaired) electrons. The number of benzene rings is 1. The average molecular weight is 178 g/mol. The summed E-state index contributed by atoms with van der Waals surface area (Å²) in [5, 5.41) is 11.6. The van der Waals surface area contributed by atoms with Gasteiger partial charge in [-0.25, -0.2) is 5.01 Å². The van der Waals surface area contributed by atoms with Gasteiger partial charge in [-0.15, -0.1) is 0 Å². The fourth-order valence-electron chi connectivity index (χ4n) is 1.94. The standard InChI is InChI=1S/C10H14N2O/c1-12(11)10(13)7-6-8-4-2-3-5-9(8)10/h2-5,13H,6-7,11H2,1H3/t10-/m0/s1. The Morgan fingerprint density at radius 3 is 2.85 bits per heavy atom. The van der Waals surface area contributed by atoms with Crippen molar-refractivity contribution < 1.29 is 5.11 Å². The number of nitrogens with two attached hydrogens (primary N) is 1. The maximum Gasteiger partial charge on any atom is 0.156 e. The summed E-state index contributed by atoms with van der Waals surface area (Å²) in [4.78, 5) is 0. The topological polar surface area (TPSA) is 49.5 Å². The zero-order valence-corrected chi connectivity index (χ0v) is 7.70. The fraction of sp³-hybridized carbons (Fsp3) is 0.400. The highest BCUT2D eigenvalue weighted by molar-refractivity contribution is 5.36. The van der Waals surface area contributed by atoms with E-state index in [2.05, 4.69) is 0 Å². The first-order valence-electron chi connectivity index (χ1n) is 4.44. The van der Waals surface area contributed by atoms with Crippen molar-refractivity contribution in [2.45, 2.75) is 18.6 Å². The Labute approximate surface area is 77.7 Å². The van der Waals surface area contributed by atoms with Gasteiger partial charge in [0.2, 0.25) is 0 Å². The molecule has 1 aliphatic carbocycles. The van der Waals surface area contributed by atoms with E-state index in [9.17, 15) is 5.11 Å². The number of hydrogen-bond acceptors (Lipinski definition) is 3. The number of aryl methyl sites for hydroxylation is 1. The molecular weight excluding hydrogens is 164 g/mol. The number of rotatable bonds is 1. The Morgan fingerprint density at radius 1 is 1.46 bits per heavy atom. The lowest BCUT2D eigenvalue weighted by Crippen LogP contribution is -2.46. The Bertz CT molecular complexity index is 324. The minimum Gasteiger partial charge on any atom is -0.370 e. The van der Waals surface area contributed by atoms with E-state index in [1.807, 2.05) is 24.3 Å². The summed E-state index contributed by atoms with van der Waals surface area (Å²) in [6.07, 6.45) is 1.58. The molecule has 1 aliphatic rings. The summed E-state index contributed by atoms with van der Waals surface area (Å²) in [5.74, 6) is 5.63. The van der Waals surface area contributed by atoms with Crippen LogP contribution in [0.1, 0.15) is 17.5 Å². The average Bonchev–Trinajstić information content (AvgIpc) is 2.47. The van der Waals surface area contributed by atoms with Gasteiger partial charge in [0.15, 0.2) is 5.72 Å². The highest BCUT2D eigenvalue weighted by Gasteiger charge is 2.38. The minimum absolute atomic E-state index is 0.680. The first-order chi connectivity index (χ1) is 6.14. The lowest BCUT2D eigenvalue weighted by atomic mass is 10.1. The summed E-state index contributed by atoms with van der Waals surface area (Å²) in [6, 6.07) is 7.89. The largest absolute Gasteiger partial charge is 0.370 e. The second kappa shape index (κ2) is 2.80. The summed E-state index contributed by atoms with van der Waals surface area (Å²) < 4.78 is 0. The monoisotopic (exact) mass is 178 g/mol. The molecular formula is C10H14N2O. The van der Waals surface area contributed by atoms with Gasteiger partial charge >= 0.3 is 0 Å². The Balaban J connectivity index is 2.49. The van der Waals surface area contributed by atoms with Gasteiger partial charge in [-0.05, 0) is 18.4 Å². The predicted molar refractivity (Wildman–Crippen MR) is 50.6 cm³/mol. The van der Waals surface area contributed by atoms with E-state index in [-0.39, 0.29) is 0 Å². The third-order valence-electron chi connectivity index (χ3n) is 2.78. The van der Waals surface area contributed by atoms with Gasteiger partial charge < -0.3 is 5.11 Å². The van der Waals surface area contributed by atoms with Gasteiger partial charge in [0.1, 0.15) is 0 Å². The zero-order valence-electron chi connectivity index (χ0n) is 7.70. The molecule has 0 unspecified atom stereocenters. The molecule has 0 saturated carbocycles. The lowest BCUT2D eigenvalue weighted by Gasteiger charge is -2.30. The van der Waals surface area contributed by atoms with Crippen molar-refractivity contribution in [2.75, 3.05) is 7.05 Å². The molecule has 0 fully saturated rings. The van der Waals surface area contributed by atoms with E-state index in [0.29, 0.717) is 6.42 Å². The minimum atomic E-state index is -0.962. The molecule has 0 amide bonds. The summed E-state index contributed by atoms with van der Waals surface area (Å²) >= 11 is 0. The Kier molecular flexibility index (Phi) is 1.87. The maximum atomic E-state index is 10.2. The highest BCUT2D eigenvalue weighted by Crippen LogP contribution is 2.37. The second-order valence-corrected chi connectivity index (χ2v) is 3.58. The second-order valence-electron chi connectivity index (χ2n) is 3.58. The van der Waals surface area contributed by atoms with Gasteiger partial charge in [0.25, 0.3) is 0 Å². The van der Waals surface area contributed by atoms with Crippen molar-refractivity contribution in [3.8, 4) is 0 Å². The van der Waals surface area contributed by atoms with Crippen molar-refractivity contribution in [1.82, 2.24) is 5.01 Å².